The summed E-state index contributed by atoms with van der Waals surface area (Å²) in [5.74, 6) is 1.31. The van der Waals surface area contributed by atoms with Gasteiger partial charge in [-0.3, -0.25) is 14.6 Å². The maximum atomic E-state index is 13.5. The van der Waals surface area contributed by atoms with E-state index >= 15 is 0 Å². The molecule has 1 amide bonds. The number of ether oxygens (including phenoxy) is 2. The van der Waals surface area contributed by atoms with Crippen molar-refractivity contribution >= 4 is 5.91 Å². The van der Waals surface area contributed by atoms with Crippen molar-refractivity contribution in [1.29, 1.82) is 0 Å². The standard InChI is InChI=1S/C29H34FN3O4/c30-25-8-6-24(7-9-25)29(34)33(13-12-31-14-17-35-18-15-31)22-27-21-32(16-19-36-27)20-26-10-11-28(37-26)23-4-2-1-3-5-23/h1-11,27H,12-22H2. The van der Waals surface area contributed by atoms with Crippen LogP contribution in [0.15, 0.2) is 71.1 Å². The predicted octanol–water partition coefficient (Wildman–Crippen LogP) is 3.76. The number of amides is 1. The molecule has 3 aromatic rings. The van der Waals surface area contributed by atoms with Gasteiger partial charge < -0.3 is 18.8 Å². The van der Waals surface area contributed by atoms with Gasteiger partial charge in [-0.15, -0.1) is 0 Å². The van der Waals surface area contributed by atoms with Crippen molar-refractivity contribution in [2.75, 3.05) is 65.6 Å². The molecule has 2 fully saturated rings. The highest BCUT2D eigenvalue weighted by Crippen LogP contribution is 2.23. The highest BCUT2D eigenvalue weighted by molar-refractivity contribution is 5.94. The lowest BCUT2D eigenvalue weighted by atomic mass is 10.1. The molecule has 1 aromatic heterocycles. The van der Waals surface area contributed by atoms with Gasteiger partial charge in [-0.1, -0.05) is 30.3 Å². The maximum absolute atomic E-state index is 13.5. The van der Waals surface area contributed by atoms with E-state index in [2.05, 4.69) is 9.80 Å². The fourth-order valence-electron chi connectivity index (χ4n) is 4.86. The third-order valence-electron chi connectivity index (χ3n) is 6.91. The summed E-state index contributed by atoms with van der Waals surface area (Å²) in [5.41, 5.74) is 1.55. The molecule has 2 saturated heterocycles. The van der Waals surface area contributed by atoms with E-state index in [1.807, 2.05) is 47.4 Å². The summed E-state index contributed by atoms with van der Waals surface area (Å²) in [7, 11) is 0. The van der Waals surface area contributed by atoms with Gasteiger partial charge in [0.1, 0.15) is 17.3 Å². The van der Waals surface area contributed by atoms with E-state index in [-0.39, 0.29) is 17.8 Å². The second kappa shape index (κ2) is 12.5. The van der Waals surface area contributed by atoms with Crippen LogP contribution in [0.4, 0.5) is 4.39 Å². The Hall–Kier alpha value is -3.04. The molecular formula is C29H34FN3O4. The van der Waals surface area contributed by atoms with Crippen molar-refractivity contribution in [2.24, 2.45) is 0 Å². The molecule has 7 nitrogen and oxygen atoms in total. The van der Waals surface area contributed by atoms with E-state index in [4.69, 9.17) is 13.9 Å². The summed E-state index contributed by atoms with van der Waals surface area (Å²) < 4.78 is 31.1. The second-order valence-electron chi connectivity index (χ2n) is 9.57. The molecule has 0 radical (unpaired) electrons. The van der Waals surface area contributed by atoms with Crippen molar-refractivity contribution in [2.45, 2.75) is 12.6 Å². The molecule has 8 heteroatoms. The molecule has 1 atom stereocenters. The summed E-state index contributed by atoms with van der Waals surface area (Å²) in [5, 5.41) is 0. The SMILES string of the molecule is O=C(c1ccc(F)cc1)N(CCN1CCOCC1)CC1CN(Cc2ccc(-c3ccccc3)o2)CCO1. The number of carbonyl (C=O) groups excluding carboxylic acids is 1. The van der Waals surface area contributed by atoms with Gasteiger partial charge in [0, 0.05) is 56.9 Å². The zero-order valence-electron chi connectivity index (χ0n) is 21.1. The summed E-state index contributed by atoms with van der Waals surface area (Å²) in [6, 6.07) is 19.9. The fraction of sp³-hybridized carbons (Fsp3) is 0.414. The number of hydrogen-bond acceptors (Lipinski definition) is 6. The Bertz CT molecular complexity index is 1130. The number of nitrogens with zero attached hydrogens (tertiary/aromatic N) is 3. The van der Waals surface area contributed by atoms with Crippen molar-refractivity contribution in [3.63, 3.8) is 0 Å². The zero-order chi connectivity index (χ0) is 25.5. The monoisotopic (exact) mass is 507 g/mol. The second-order valence-corrected chi connectivity index (χ2v) is 9.57. The molecule has 0 bridgehead atoms. The van der Waals surface area contributed by atoms with Crippen LogP contribution < -0.4 is 0 Å². The van der Waals surface area contributed by atoms with Crippen molar-refractivity contribution in [1.82, 2.24) is 14.7 Å². The van der Waals surface area contributed by atoms with E-state index in [1.54, 1.807) is 12.1 Å². The lowest BCUT2D eigenvalue weighted by Gasteiger charge is -2.36. The average Bonchev–Trinajstić information content (AvgIpc) is 3.41. The molecule has 3 heterocycles. The Kier molecular flexibility index (Phi) is 8.63. The molecule has 0 aliphatic carbocycles. The summed E-state index contributed by atoms with van der Waals surface area (Å²) in [6.45, 7) is 7.76. The quantitative estimate of drug-likeness (QED) is 0.440. The fourth-order valence-corrected chi connectivity index (χ4v) is 4.86. The van der Waals surface area contributed by atoms with E-state index in [9.17, 15) is 9.18 Å². The lowest BCUT2D eigenvalue weighted by Crippen LogP contribution is -2.50. The zero-order valence-corrected chi connectivity index (χ0v) is 21.1. The smallest absolute Gasteiger partial charge is 0.253 e. The first-order valence-corrected chi connectivity index (χ1v) is 13.0. The summed E-state index contributed by atoms with van der Waals surface area (Å²) >= 11 is 0. The minimum absolute atomic E-state index is 0.104. The maximum Gasteiger partial charge on any atom is 0.253 e. The van der Waals surface area contributed by atoms with Crippen LogP contribution in [0.3, 0.4) is 0 Å². The molecule has 5 rings (SSSR count). The number of rotatable bonds is 9. The van der Waals surface area contributed by atoms with Gasteiger partial charge in [-0.2, -0.15) is 0 Å². The molecule has 2 aliphatic heterocycles. The largest absolute Gasteiger partial charge is 0.460 e. The highest BCUT2D eigenvalue weighted by Gasteiger charge is 2.27. The Morgan fingerprint density at radius 3 is 2.46 bits per heavy atom. The van der Waals surface area contributed by atoms with Crippen LogP contribution >= 0.6 is 0 Å². The van der Waals surface area contributed by atoms with Gasteiger partial charge in [0.2, 0.25) is 0 Å². The van der Waals surface area contributed by atoms with Gasteiger partial charge in [-0.05, 0) is 36.4 Å². The van der Waals surface area contributed by atoms with Crippen molar-refractivity contribution in [3.8, 4) is 11.3 Å². The van der Waals surface area contributed by atoms with Crippen molar-refractivity contribution < 1.29 is 23.1 Å². The molecular weight excluding hydrogens is 473 g/mol. The highest BCUT2D eigenvalue weighted by atomic mass is 19.1. The minimum Gasteiger partial charge on any atom is -0.460 e. The number of hydrogen-bond donors (Lipinski definition) is 0. The third-order valence-corrected chi connectivity index (χ3v) is 6.91. The number of carbonyl (C=O) groups is 1. The van der Waals surface area contributed by atoms with Crippen LogP contribution in [-0.2, 0) is 16.0 Å². The van der Waals surface area contributed by atoms with Gasteiger partial charge in [-0.25, -0.2) is 4.39 Å². The Morgan fingerprint density at radius 1 is 0.919 bits per heavy atom. The predicted molar refractivity (Wildman–Crippen MR) is 139 cm³/mol. The molecule has 2 aliphatic rings. The topological polar surface area (TPSA) is 58.4 Å². The molecule has 0 spiro atoms. The molecule has 0 N–H and O–H groups in total. The van der Waals surface area contributed by atoms with Crippen LogP contribution in [-0.4, -0.2) is 92.3 Å². The van der Waals surface area contributed by atoms with E-state index in [0.29, 0.717) is 51.6 Å². The van der Waals surface area contributed by atoms with Gasteiger partial charge >= 0.3 is 0 Å². The lowest BCUT2D eigenvalue weighted by molar-refractivity contribution is -0.0457. The van der Waals surface area contributed by atoms with Crippen LogP contribution in [0.25, 0.3) is 11.3 Å². The first kappa shape index (κ1) is 25.6. The van der Waals surface area contributed by atoms with Crippen LogP contribution in [0.1, 0.15) is 16.1 Å². The number of benzene rings is 2. The molecule has 37 heavy (non-hydrogen) atoms. The molecule has 1 unspecified atom stereocenters. The number of morpholine rings is 2. The normalized spacial score (nSPS) is 19.1. The van der Waals surface area contributed by atoms with Gasteiger partial charge in [0.05, 0.1) is 32.5 Å². The number of halogens is 1. The molecule has 2 aromatic carbocycles. The summed E-state index contributed by atoms with van der Waals surface area (Å²) in [6.07, 6.45) is -0.119. The Morgan fingerprint density at radius 2 is 1.68 bits per heavy atom. The summed E-state index contributed by atoms with van der Waals surface area (Å²) in [4.78, 5) is 19.9. The molecule has 0 saturated carbocycles. The Balaban J connectivity index is 1.22. The van der Waals surface area contributed by atoms with Gasteiger partial charge in [0.25, 0.3) is 5.91 Å². The van der Waals surface area contributed by atoms with Crippen LogP contribution in [0.5, 0.6) is 0 Å². The first-order chi connectivity index (χ1) is 18.1. The van der Waals surface area contributed by atoms with Crippen molar-refractivity contribution in [3.05, 3.63) is 83.9 Å². The average molecular weight is 508 g/mol. The van der Waals surface area contributed by atoms with E-state index < -0.39 is 0 Å². The van der Waals surface area contributed by atoms with Gasteiger partial charge in [0.15, 0.2) is 0 Å². The molecule has 196 valence electrons. The minimum atomic E-state index is -0.351. The Labute approximate surface area is 217 Å². The van der Waals surface area contributed by atoms with E-state index in [0.717, 1.165) is 43.3 Å². The number of furan rings is 1. The third kappa shape index (κ3) is 7.05. The van der Waals surface area contributed by atoms with Crippen LogP contribution in [0.2, 0.25) is 0 Å². The first-order valence-electron chi connectivity index (χ1n) is 13.0. The van der Waals surface area contributed by atoms with E-state index in [1.165, 1.54) is 12.1 Å². The van der Waals surface area contributed by atoms with Crippen LogP contribution in [0, 0.1) is 5.82 Å².